The van der Waals surface area contributed by atoms with Crippen LogP contribution in [0.2, 0.25) is 0 Å². The van der Waals surface area contributed by atoms with Crippen LogP contribution >= 0.6 is 0 Å². The molecule has 0 bridgehead atoms. The second-order valence-electron chi connectivity index (χ2n) is 2.23. The summed E-state index contributed by atoms with van der Waals surface area (Å²) in [4.78, 5) is 0. The van der Waals surface area contributed by atoms with Crippen LogP contribution in [0.4, 0.5) is 0 Å². The summed E-state index contributed by atoms with van der Waals surface area (Å²) in [6.45, 7) is 7.71. The normalized spacial score (nSPS) is 9.11. The molecule has 1 radical (unpaired) electrons. The molecule has 0 amide bonds. The molecular weight excluding hydrogens is 110 g/mol. The van der Waals surface area contributed by atoms with Gasteiger partial charge in [-0.3, -0.25) is 0 Å². The summed E-state index contributed by atoms with van der Waals surface area (Å²) in [6.07, 6.45) is 4.77. The number of rotatable bonds is 5. The predicted molar refractivity (Wildman–Crippen MR) is 41.0 cm³/mol. The Labute approximate surface area is 58.2 Å². The molecule has 0 aromatic carbocycles. The second-order valence-corrected chi connectivity index (χ2v) is 2.23. The minimum Gasteiger partial charge on any atom is -0.391 e. The minimum absolute atomic E-state index is 0.906. The molecule has 53 valence electrons. The fraction of sp³-hybridized carbons (Fsp3) is 0.750. The number of allylic oxidation sites excluding steroid dienone is 1. The van der Waals surface area contributed by atoms with E-state index in [-0.39, 0.29) is 0 Å². The molecule has 0 heterocycles. The quantitative estimate of drug-likeness (QED) is 0.556. The van der Waals surface area contributed by atoms with Crippen molar-refractivity contribution in [2.45, 2.75) is 32.6 Å². The topological polar surface area (TPSA) is 12.0 Å². The van der Waals surface area contributed by atoms with Crippen molar-refractivity contribution in [1.82, 2.24) is 5.32 Å². The van der Waals surface area contributed by atoms with E-state index in [1.807, 2.05) is 7.05 Å². The lowest BCUT2D eigenvalue weighted by molar-refractivity contribution is 0.690. The van der Waals surface area contributed by atoms with Gasteiger partial charge in [-0.05, 0) is 19.4 Å². The van der Waals surface area contributed by atoms with Crippen LogP contribution in [0.5, 0.6) is 0 Å². The van der Waals surface area contributed by atoms with E-state index in [4.69, 9.17) is 6.58 Å². The van der Waals surface area contributed by atoms with Gasteiger partial charge in [-0.2, -0.15) is 0 Å². The predicted octanol–water partition coefficient (Wildman–Crippen LogP) is 2.10. The van der Waals surface area contributed by atoms with Gasteiger partial charge in [-0.25, -0.2) is 0 Å². The third kappa shape index (κ3) is 5.41. The lowest BCUT2D eigenvalue weighted by Crippen LogP contribution is -2.03. The summed E-state index contributed by atoms with van der Waals surface area (Å²) in [7, 11) is 1.86. The fourth-order valence-corrected chi connectivity index (χ4v) is 0.690. The lowest BCUT2D eigenvalue weighted by Gasteiger charge is -2.01. The highest BCUT2D eigenvalue weighted by Gasteiger charge is 1.88. The van der Waals surface area contributed by atoms with Crippen LogP contribution < -0.4 is 5.32 Å². The van der Waals surface area contributed by atoms with Crippen LogP contribution in [0.3, 0.4) is 0 Å². The van der Waals surface area contributed by atoms with Crippen molar-refractivity contribution in [3.63, 3.8) is 0 Å². The van der Waals surface area contributed by atoms with Gasteiger partial charge in [0.1, 0.15) is 0 Å². The van der Waals surface area contributed by atoms with Crippen molar-refractivity contribution in [2.24, 2.45) is 0 Å². The van der Waals surface area contributed by atoms with E-state index >= 15 is 0 Å². The largest absolute Gasteiger partial charge is 0.391 e. The van der Waals surface area contributed by atoms with E-state index in [1.165, 1.54) is 19.3 Å². The average molecular weight is 126 g/mol. The maximum atomic E-state index is 5.52. The molecule has 0 saturated heterocycles. The zero-order chi connectivity index (χ0) is 7.11. The van der Waals surface area contributed by atoms with E-state index in [0.29, 0.717) is 0 Å². The first kappa shape index (κ1) is 8.54. The number of hydrogen-bond donors (Lipinski definition) is 1. The molecule has 0 saturated carbocycles. The Hall–Kier alpha value is -0.460. The molecular formula is C8H16N. The molecule has 0 aliphatic heterocycles. The van der Waals surface area contributed by atoms with Crippen LogP contribution in [0.15, 0.2) is 5.70 Å². The van der Waals surface area contributed by atoms with Crippen LogP contribution in [-0.2, 0) is 0 Å². The summed E-state index contributed by atoms with van der Waals surface area (Å²) in [6, 6.07) is 0. The zero-order valence-electron chi connectivity index (χ0n) is 6.41. The van der Waals surface area contributed by atoms with Crippen molar-refractivity contribution in [3.8, 4) is 0 Å². The van der Waals surface area contributed by atoms with E-state index < -0.39 is 0 Å². The maximum Gasteiger partial charge on any atom is 0.0105 e. The summed E-state index contributed by atoms with van der Waals surface area (Å²) < 4.78 is 0. The van der Waals surface area contributed by atoms with E-state index in [9.17, 15) is 0 Å². The smallest absolute Gasteiger partial charge is 0.0105 e. The minimum atomic E-state index is 0.906. The molecule has 0 unspecified atom stereocenters. The average Bonchev–Trinajstić information content (AvgIpc) is 1.89. The van der Waals surface area contributed by atoms with Gasteiger partial charge >= 0.3 is 0 Å². The van der Waals surface area contributed by atoms with Gasteiger partial charge in [0.2, 0.25) is 0 Å². The summed E-state index contributed by atoms with van der Waals surface area (Å²) in [5.74, 6) is 0. The first-order valence-electron chi connectivity index (χ1n) is 3.60. The van der Waals surface area contributed by atoms with Crippen LogP contribution in [0.1, 0.15) is 32.6 Å². The Kier molecular flexibility index (Phi) is 5.38. The SMILES string of the molecule is [CH]=C(CCCCC)NC. The van der Waals surface area contributed by atoms with Gasteiger partial charge < -0.3 is 5.32 Å². The first-order chi connectivity index (χ1) is 4.31. The van der Waals surface area contributed by atoms with Gasteiger partial charge in [0.15, 0.2) is 0 Å². The molecule has 0 fully saturated rings. The van der Waals surface area contributed by atoms with Gasteiger partial charge in [-0.15, -0.1) is 0 Å². The van der Waals surface area contributed by atoms with Crippen molar-refractivity contribution in [1.29, 1.82) is 0 Å². The monoisotopic (exact) mass is 126 g/mol. The number of unbranched alkanes of at least 4 members (excludes halogenated alkanes) is 2. The van der Waals surface area contributed by atoms with Gasteiger partial charge in [0, 0.05) is 12.7 Å². The Balaban J connectivity index is 2.97. The van der Waals surface area contributed by atoms with Crippen molar-refractivity contribution < 1.29 is 0 Å². The Morgan fingerprint density at radius 2 is 2.11 bits per heavy atom. The highest BCUT2D eigenvalue weighted by molar-refractivity contribution is 4.85. The maximum absolute atomic E-state index is 5.52. The molecule has 0 aromatic rings. The van der Waals surface area contributed by atoms with Crippen LogP contribution in [-0.4, -0.2) is 7.05 Å². The van der Waals surface area contributed by atoms with E-state index in [2.05, 4.69) is 12.2 Å². The Bertz CT molecular complexity index is 76.6. The van der Waals surface area contributed by atoms with Crippen LogP contribution in [0.25, 0.3) is 0 Å². The van der Waals surface area contributed by atoms with Gasteiger partial charge in [-0.1, -0.05) is 19.8 Å². The van der Waals surface area contributed by atoms with E-state index in [1.54, 1.807) is 0 Å². The lowest BCUT2D eigenvalue weighted by atomic mass is 10.2. The van der Waals surface area contributed by atoms with Gasteiger partial charge in [0.25, 0.3) is 0 Å². The second kappa shape index (κ2) is 5.67. The van der Waals surface area contributed by atoms with Crippen molar-refractivity contribution in [2.75, 3.05) is 7.05 Å². The third-order valence-corrected chi connectivity index (χ3v) is 1.37. The zero-order valence-corrected chi connectivity index (χ0v) is 6.41. The Morgan fingerprint density at radius 3 is 2.56 bits per heavy atom. The molecule has 1 heteroatoms. The number of hydrogen-bond acceptors (Lipinski definition) is 1. The molecule has 0 rings (SSSR count). The highest BCUT2D eigenvalue weighted by Crippen LogP contribution is 2.02. The van der Waals surface area contributed by atoms with Crippen molar-refractivity contribution in [3.05, 3.63) is 12.3 Å². The molecule has 1 nitrogen and oxygen atoms in total. The summed E-state index contributed by atoms with van der Waals surface area (Å²) in [5, 5.41) is 2.92. The third-order valence-electron chi connectivity index (χ3n) is 1.37. The summed E-state index contributed by atoms with van der Waals surface area (Å²) in [5.41, 5.74) is 0.906. The molecule has 0 aliphatic rings. The van der Waals surface area contributed by atoms with Gasteiger partial charge in [0.05, 0.1) is 0 Å². The summed E-state index contributed by atoms with van der Waals surface area (Å²) >= 11 is 0. The standard InChI is InChI=1S/C8H16N/c1-4-5-6-7-8(2)9-3/h2,9H,4-7H2,1,3H3. The highest BCUT2D eigenvalue weighted by atomic mass is 14.8. The fourth-order valence-electron chi connectivity index (χ4n) is 0.690. The molecule has 0 spiro atoms. The molecule has 0 atom stereocenters. The van der Waals surface area contributed by atoms with E-state index in [0.717, 1.165) is 12.1 Å². The number of nitrogens with one attached hydrogen (secondary N) is 1. The molecule has 0 aliphatic carbocycles. The molecule has 0 aromatic heterocycles. The molecule has 1 N–H and O–H groups in total. The molecule has 9 heavy (non-hydrogen) atoms. The first-order valence-corrected chi connectivity index (χ1v) is 3.60. The van der Waals surface area contributed by atoms with Crippen LogP contribution in [0, 0.1) is 6.58 Å². The Morgan fingerprint density at radius 1 is 1.44 bits per heavy atom. The van der Waals surface area contributed by atoms with Crippen molar-refractivity contribution >= 4 is 0 Å².